The monoisotopic (exact) mass is 218 g/mol. The lowest BCUT2D eigenvalue weighted by Gasteiger charge is -2.08. The van der Waals surface area contributed by atoms with Gasteiger partial charge in [0.05, 0.1) is 0 Å². The van der Waals surface area contributed by atoms with Crippen molar-refractivity contribution in [2.75, 3.05) is 24.6 Å². The van der Waals surface area contributed by atoms with Gasteiger partial charge in [-0.3, -0.25) is 0 Å². The maximum atomic E-state index is 5.98. The fourth-order valence-corrected chi connectivity index (χ4v) is 4.26. The Balaban J connectivity index is 3.17. The number of hydrogen-bond acceptors (Lipinski definition) is 0. The first-order valence-electron chi connectivity index (χ1n) is 3.52. The van der Waals surface area contributed by atoms with E-state index in [1.807, 2.05) is 0 Å². The van der Waals surface area contributed by atoms with Crippen LogP contribution in [0, 0.1) is 0 Å². The van der Waals surface area contributed by atoms with E-state index in [9.17, 15) is 0 Å². The molecule has 0 saturated carbocycles. The van der Waals surface area contributed by atoms with Crippen LogP contribution in [0.15, 0.2) is 0 Å². The average molecular weight is 219 g/mol. The molecule has 0 rings (SSSR count). The molecule has 0 aromatic carbocycles. The second-order valence-corrected chi connectivity index (χ2v) is 8.88. The second kappa shape index (κ2) is 7.11. The molecule has 0 saturated heterocycles. The summed E-state index contributed by atoms with van der Waals surface area (Å²) in [5.41, 5.74) is 0. The van der Waals surface area contributed by atoms with E-state index in [1.54, 1.807) is 0 Å². The first-order valence-corrected chi connectivity index (χ1v) is 8.75. The van der Waals surface area contributed by atoms with Gasteiger partial charge in [0, 0.05) is 0 Å². The molecule has 0 aromatic rings. The molecule has 0 N–H and O–H groups in total. The fourth-order valence-electron chi connectivity index (χ4n) is 0.533. The Labute approximate surface area is 75.8 Å². The van der Waals surface area contributed by atoms with Gasteiger partial charge in [0.2, 0.25) is 0 Å². The summed E-state index contributed by atoms with van der Waals surface area (Å²) in [5.74, 6) is 0. The molecule has 0 amide bonds. The Morgan fingerprint density at radius 1 is 0.900 bits per heavy atom. The summed E-state index contributed by atoms with van der Waals surface area (Å²) >= 11 is 12.0. The van der Waals surface area contributed by atoms with Crippen molar-refractivity contribution < 1.29 is 0 Å². The molecule has 0 aromatic heterocycles. The van der Waals surface area contributed by atoms with Crippen LogP contribution in [0.3, 0.4) is 0 Å². The fraction of sp³-hybridized carbons (Fsp3) is 1.00. The van der Waals surface area contributed by atoms with E-state index in [0.29, 0.717) is 0 Å². The van der Waals surface area contributed by atoms with Gasteiger partial charge in [-0.25, -0.2) is 0 Å². The van der Waals surface area contributed by atoms with Crippen LogP contribution in [-0.4, -0.2) is 24.6 Å². The molecule has 10 heavy (non-hydrogen) atoms. The molecule has 0 nitrogen and oxygen atoms in total. The predicted octanol–water partition coefficient (Wildman–Crippen LogP) is 4.30. The Hall–Kier alpha value is 1.44. The van der Waals surface area contributed by atoms with Crippen LogP contribution in [0.4, 0.5) is 0 Å². The van der Waals surface area contributed by atoms with Gasteiger partial charge in [0.25, 0.3) is 0 Å². The third-order valence-electron chi connectivity index (χ3n) is 1.27. The van der Waals surface area contributed by atoms with Crippen molar-refractivity contribution >= 4 is 37.0 Å². The Morgan fingerprint density at radius 3 is 1.40 bits per heavy atom. The topological polar surface area (TPSA) is 0 Å². The van der Waals surface area contributed by atoms with E-state index >= 15 is 0 Å². The largest absolute Gasteiger partial charge is 0.0964 e. The van der Waals surface area contributed by atoms with Gasteiger partial charge in [0.15, 0.2) is 0 Å². The summed E-state index contributed by atoms with van der Waals surface area (Å²) in [6.45, 7) is 4.28. The van der Waals surface area contributed by atoms with Gasteiger partial charge < -0.3 is 0 Å². The van der Waals surface area contributed by atoms with Crippen molar-refractivity contribution in [3.05, 3.63) is 0 Å². The molecule has 0 aliphatic heterocycles. The standard InChI is InChI=1S/C6H14Cl2P2/c1-3-9(7)5-6-10(8)4-2/h3-6H2,1-2H3. The first-order chi connectivity index (χ1) is 4.70. The number of halogens is 2. The molecule has 2 unspecified atom stereocenters. The van der Waals surface area contributed by atoms with Crippen molar-refractivity contribution in [1.29, 1.82) is 0 Å². The molecule has 62 valence electrons. The quantitative estimate of drug-likeness (QED) is 0.604. The Kier molecular flexibility index (Phi) is 8.13. The molecule has 0 aliphatic carbocycles. The minimum absolute atomic E-state index is 0.213. The highest BCUT2D eigenvalue weighted by molar-refractivity contribution is 7.87. The van der Waals surface area contributed by atoms with E-state index in [2.05, 4.69) is 13.8 Å². The van der Waals surface area contributed by atoms with Crippen LogP contribution in [0.25, 0.3) is 0 Å². The highest BCUT2D eigenvalue weighted by atomic mass is 35.7. The molecule has 2 atom stereocenters. The van der Waals surface area contributed by atoms with Crippen LogP contribution in [0.5, 0.6) is 0 Å². The lowest BCUT2D eigenvalue weighted by Crippen LogP contribution is -1.87. The van der Waals surface area contributed by atoms with Gasteiger partial charge >= 0.3 is 0 Å². The van der Waals surface area contributed by atoms with Crippen molar-refractivity contribution in [1.82, 2.24) is 0 Å². The van der Waals surface area contributed by atoms with E-state index in [-0.39, 0.29) is 14.5 Å². The van der Waals surface area contributed by atoms with E-state index in [1.165, 1.54) is 0 Å². The zero-order valence-corrected chi connectivity index (χ0v) is 9.78. The number of rotatable bonds is 5. The first kappa shape index (κ1) is 11.4. The van der Waals surface area contributed by atoms with E-state index < -0.39 is 0 Å². The molecular formula is C6H14Cl2P2. The van der Waals surface area contributed by atoms with Crippen LogP contribution >= 0.6 is 37.0 Å². The van der Waals surface area contributed by atoms with Gasteiger partial charge in [0.1, 0.15) is 0 Å². The van der Waals surface area contributed by atoms with E-state index in [0.717, 1.165) is 24.6 Å². The van der Waals surface area contributed by atoms with E-state index in [4.69, 9.17) is 22.5 Å². The number of hydrogen-bond donors (Lipinski definition) is 0. The Bertz CT molecular complexity index is 70.1. The lowest BCUT2D eigenvalue weighted by molar-refractivity contribution is 1.41. The van der Waals surface area contributed by atoms with Crippen molar-refractivity contribution in [3.63, 3.8) is 0 Å². The average Bonchev–Trinajstić information content (AvgIpc) is 1.99. The van der Waals surface area contributed by atoms with Gasteiger partial charge in [-0.15, -0.1) is 0 Å². The van der Waals surface area contributed by atoms with Gasteiger partial charge in [-0.2, -0.15) is 0 Å². The van der Waals surface area contributed by atoms with Crippen molar-refractivity contribution in [2.45, 2.75) is 13.8 Å². The zero-order chi connectivity index (χ0) is 7.98. The highest BCUT2D eigenvalue weighted by Crippen LogP contribution is 2.47. The maximum absolute atomic E-state index is 5.98. The molecule has 0 aliphatic rings. The second-order valence-electron chi connectivity index (χ2n) is 2.00. The van der Waals surface area contributed by atoms with Crippen molar-refractivity contribution in [3.8, 4) is 0 Å². The van der Waals surface area contributed by atoms with Crippen LogP contribution in [0.2, 0.25) is 0 Å². The Morgan fingerprint density at radius 2 is 1.20 bits per heavy atom. The van der Waals surface area contributed by atoms with Crippen LogP contribution < -0.4 is 0 Å². The smallest absolute Gasteiger partial charge is 0.00962 e. The lowest BCUT2D eigenvalue weighted by atomic mass is 10.9. The molecular weight excluding hydrogens is 205 g/mol. The van der Waals surface area contributed by atoms with Gasteiger partial charge in [-0.1, -0.05) is 36.3 Å². The molecule has 0 radical (unpaired) electrons. The minimum Gasteiger partial charge on any atom is -0.0964 e. The van der Waals surface area contributed by atoms with Crippen LogP contribution in [-0.2, 0) is 0 Å². The van der Waals surface area contributed by atoms with Crippen molar-refractivity contribution in [2.24, 2.45) is 0 Å². The van der Waals surface area contributed by atoms with Gasteiger partial charge in [-0.05, 0) is 39.2 Å². The summed E-state index contributed by atoms with van der Waals surface area (Å²) in [6, 6.07) is 0. The summed E-state index contributed by atoms with van der Waals surface area (Å²) in [6.07, 6.45) is 4.55. The highest BCUT2D eigenvalue weighted by Gasteiger charge is 2.04. The normalized spacial score (nSPS) is 16.8. The summed E-state index contributed by atoms with van der Waals surface area (Å²) < 4.78 is 0. The molecule has 0 fully saturated rings. The predicted molar refractivity (Wildman–Crippen MR) is 56.4 cm³/mol. The zero-order valence-electron chi connectivity index (χ0n) is 6.48. The summed E-state index contributed by atoms with van der Waals surface area (Å²) in [7, 11) is -0.425. The SMILES string of the molecule is CCP(Cl)CCP(Cl)CC. The minimum atomic E-state index is -0.213. The summed E-state index contributed by atoms with van der Waals surface area (Å²) in [4.78, 5) is 0. The maximum Gasteiger partial charge on any atom is -0.00962 e. The molecule has 4 heteroatoms. The summed E-state index contributed by atoms with van der Waals surface area (Å²) in [5, 5.41) is 0. The van der Waals surface area contributed by atoms with Crippen LogP contribution in [0.1, 0.15) is 13.8 Å². The third kappa shape index (κ3) is 6.17. The third-order valence-corrected chi connectivity index (χ3v) is 6.86. The molecule has 0 spiro atoms. The molecule has 0 bridgehead atoms. The molecule has 0 heterocycles.